The number of hydrogen-bond acceptors (Lipinski definition) is 1. The summed E-state index contributed by atoms with van der Waals surface area (Å²) in [5.41, 5.74) is 0.718. The van der Waals surface area contributed by atoms with Gasteiger partial charge in [0.15, 0.2) is 12.7 Å². The Morgan fingerprint density at radius 3 is 2.80 bits per heavy atom. The van der Waals surface area contributed by atoms with E-state index in [1.165, 1.54) is 0 Å². The fourth-order valence-electron chi connectivity index (χ4n) is 0.688. The molecule has 0 aliphatic carbocycles. The lowest BCUT2D eigenvalue weighted by molar-refractivity contribution is 1.30. The molecule has 1 rings (SSSR count). The van der Waals surface area contributed by atoms with Gasteiger partial charge in [0.05, 0.1) is 4.47 Å². The van der Waals surface area contributed by atoms with Crippen molar-refractivity contribution in [1.82, 2.24) is 4.98 Å². The minimum absolute atomic E-state index is 0.0289. The van der Waals surface area contributed by atoms with Crippen LogP contribution in [-0.2, 0) is 0 Å². The summed E-state index contributed by atoms with van der Waals surface area (Å²) in [7, 11) is 1.77. The van der Waals surface area contributed by atoms with Crippen LogP contribution in [0, 0.1) is 0 Å². The van der Waals surface area contributed by atoms with Crippen molar-refractivity contribution in [3.8, 4) is 0 Å². The third-order valence-electron chi connectivity index (χ3n) is 1.24. The van der Waals surface area contributed by atoms with Gasteiger partial charge in [-0.3, -0.25) is 4.79 Å². The molecule has 1 heterocycles. The molecule has 1 N–H and O–H groups in total. The third kappa shape index (κ3) is 1.32. The Bertz CT molecular complexity index is 283. The average Bonchev–Trinajstić information content (AvgIpc) is 1.95. The van der Waals surface area contributed by atoms with Gasteiger partial charge in [-0.05, 0) is 27.6 Å². The van der Waals surface area contributed by atoms with Gasteiger partial charge >= 0.3 is 0 Å². The molecular formula is C6H6BBrNO. The predicted molar refractivity (Wildman–Crippen MR) is 46.0 cm³/mol. The minimum Gasteiger partial charge on any atom is -0.367 e. The first-order valence-electron chi connectivity index (χ1n) is 2.91. The van der Waals surface area contributed by atoms with E-state index in [1.54, 1.807) is 19.7 Å². The van der Waals surface area contributed by atoms with Crippen molar-refractivity contribution in [2.45, 2.75) is 6.82 Å². The monoisotopic (exact) mass is 198 g/mol. The summed E-state index contributed by atoms with van der Waals surface area (Å²) >= 11 is 3.12. The maximum atomic E-state index is 11.1. The standard InChI is InChI=1S/C6H6BBrNO/c1-7-4-2-9-3-5(8)6(4)10/h2-3H,1H3,(H,9,10). The van der Waals surface area contributed by atoms with Crippen LogP contribution in [0.5, 0.6) is 0 Å². The van der Waals surface area contributed by atoms with Crippen LogP contribution in [-0.4, -0.2) is 12.3 Å². The average molecular weight is 199 g/mol. The molecule has 0 aromatic carbocycles. The zero-order chi connectivity index (χ0) is 7.56. The molecule has 0 aliphatic rings. The molecule has 1 aromatic rings. The molecule has 0 bridgehead atoms. The van der Waals surface area contributed by atoms with Crippen LogP contribution in [0.4, 0.5) is 0 Å². The van der Waals surface area contributed by atoms with Crippen LogP contribution >= 0.6 is 15.9 Å². The Labute approximate surface area is 68.0 Å². The molecule has 1 radical (unpaired) electrons. The van der Waals surface area contributed by atoms with Crippen LogP contribution < -0.4 is 10.9 Å². The first-order valence-corrected chi connectivity index (χ1v) is 3.71. The van der Waals surface area contributed by atoms with Crippen molar-refractivity contribution in [3.05, 3.63) is 27.1 Å². The van der Waals surface area contributed by atoms with Gasteiger partial charge in [-0.25, -0.2) is 0 Å². The molecule has 4 heteroatoms. The quantitative estimate of drug-likeness (QED) is 0.656. The molecule has 1 aromatic heterocycles. The fraction of sp³-hybridized carbons (Fsp3) is 0.167. The highest BCUT2D eigenvalue weighted by Crippen LogP contribution is 1.95. The molecule has 0 saturated carbocycles. The number of halogens is 1. The third-order valence-corrected chi connectivity index (χ3v) is 1.83. The maximum absolute atomic E-state index is 11.1. The van der Waals surface area contributed by atoms with E-state index < -0.39 is 0 Å². The van der Waals surface area contributed by atoms with Gasteiger partial charge in [-0.1, -0.05) is 6.82 Å². The second-order valence-corrected chi connectivity index (χ2v) is 2.73. The smallest absolute Gasteiger partial charge is 0.189 e. The minimum atomic E-state index is 0.0289. The van der Waals surface area contributed by atoms with Gasteiger partial charge in [0, 0.05) is 6.20 Å². The first kappa shape index (κ1) is 7.60. The van der Waals surface area contributed by atoms with Crippen LogP contribution in [0.2, 0.25) is 6.82 Å². The number of aromatic nitrogens is 1. The van der Waals surface area contributed by atoms with E-state index in [1.807, 2.05) is 6.82 Å². The van der Waals surface area contributed by atoms with E-state index in [0.29, 0.717) is 9.94 Å². The van der Waals surface area contributed by atoms with Crippen LogP contribution in [0.25, 0.3) is 0 Å². The van der Waals surface area contributed by atoms with Crippen LogP contribution in [0.3, 0.4) is 0 Å². The highest BCUT2D eigenvalue weighted by molar-refractivity contribution is 9.10. The zero-order valence-electron chi connectivity index (χ0n) is 5.52. The summed E-state index contributed by atoms with van der Waals surface area (Å²) in [5.74, 6) is 0. The summed E-state index contributed by atoms with van der Waals surface area (Å²) in [6, 6.07) is 0. The van der Waals surface area contributed by atoms with Crippen LogP contribution in [0.15, 0.2) is 21.7 Å². The Morgan fingerprint density at radius 2 is 2.30 bits per heavy atom. The lowest BCUT2D eigenvalue weighted by atomic mass is 9.74. The number of rotatable bonds is 1. The summed E-state index contributed by atoms with van der Waals surface area (Å²) in [5, 5.41) is 0. The summed E-state index contributed by atoms with van der Waals surface area (Å²) < 4.78 is 0.572. The molecule has 0 unspecified atom stereocenters. The number of hydrogen-bond donors (Lipinski definition) is 1. The van der Waals surface area contributed by atoms with E-state index in [9.17, 15) is 4.79 Å². The predicted octanol–water partition coefficient (Wildman–Crippen LogP) is 0.515. The van der Waals surface area contributed by atoms with Gasteiger partial charge in [0.1, 0.15) is 0 Å². The van der Waals surface area contributed by atoms with E-state index in [-0.39, 0.29) is 5.43 Å². The van der Waals surface area contributed by atoms with E-state index in [0.717, 1.165) is 0 Å². The van der Waals surface area contributed by atoms with Crippen molar-refractivity contribution in [2.24, 2.45) is 0 Å². The molecule has 10 heavy (non-hydrogen) atoms. The van der Waals surface area contributed by atoms with Gasteiger partial charge < -0.3 is 4.98 Å². The van der Waals surface area contributed by atoms with Crippen molar-refractivity contribution in [2.75, 3.05) is 0 Å². The van der Waals surface area contributed by atoms with E-state index in [4.69, 9.17) is 0 Å². The summed E-state index contributed by atoms with van der Waals surface area (Å²) in [4.78, 5) is 13.9. The Balaban J connectivity index is 3.28. The van der Waals surface area contributed by atoms with Crippen molar-refractivity contribution in [1.29, 1.82) is 0 Å². The number of aromatic amines is 1. The Hall–Kier alpha value is -0.505. The summed E-state index contributed by atoms with van der Waals surface area (Å²) in [6.45, 7) is 1.83. The molecule has 0 saturated heterocycles. The lowest BCUT2D eigenvalue weighted by Crippen LogP contribution is -2.30. The van der Waals surface area contributed by atoms with Crippen molar-refractivity contribution in [3.63, 3.8) is 0 Å². The molecule has 0 fully saturated rings. The molecule has 0 amide bonds. The van der Waals surface area contributed by atoms with Gasteiger partial charge in [0.2, 0.25) is 0 Å². The molecule has 51 valence electrons. The fourth-order valence-corrected chi connectivity index (χ4v) is 1.05. The lowest BCUT2D eigenvalue weighted by Gasteiger charge is -1.93. The largest absolute Gasteiger partial charge is 0.367 e. The molecule has 0 atom stereocenters. The zero-order valence-corrected chi connectivity index (χ0v) is 7.10. The normalized spacial score (nSPS) is 9.40. The van der Waals surface area contributed by atoms with Crippen molar-refractivity contribution >= 4 is 28.7 Å². The number of nitrogens with one attached hydrogen (secondary N) is 1. The first-order chi connectivity index (χ1) is 4.75. The molecule has 0 spiro atoms. The number of pyridine rings is 1. The van der Waals surface area contributed by atoms with Gasteiger partial charge in [0.25, 0.3) is 0 Å². The van der Waals surface area contributed by atoms with Gasteiger partial charge in [-0.2, -0.15) is 0 Å². The van der Waals surface area contributed by atoms with Crippen LogP contribution in [0.1, 0.15) is 0 Å². The second kappa shape index (κ2) is 3.06. The van der Waals surface area contributed by atoms with Crippen molar-refractivity contribution < 1.29 is 0 Å². The molecule has 0 aliphatic heterocycles. The second-order valence-electron chi connectivity index (χ2n) is 1.88. The van der Waals surface area contributed by atoms with E-state index in [2.05, 4.69) is 20.9 Å². The highest BCUT2D eigenvalue weighted by Gasteiger charge is 1.98. The Kier molecular flexibility index (Phi) is 2.32. The molecule has 2 nitrogen and oxygen atoms in total. The van der Waals surface area contributed by atoms with Gasteiger partial charge in [-0.15, -0.1) is 0 Å². The molecular weight excluding hydrogens is 193 g/mol. The summed E-state index contributed by atoms with van der Waals surface area (Å²) in [6.07, 6.45) is 3.29. The maximum Gasteiger partial charge on any atom is 0.189 e. The van der Waals surface area contributed by atoms with E-state index >= 15 is 0 Å². The SMILES string of the molecule is C[B]c1c[nH]cc(Br)c1=O. The Morgan fingerprint density at radius 1 is 1.60 bits per heavy atom. The number of H-pyrrole nitrogens is 1. The topological polar surface area (TPSA) is 32.9 Å². The highest BCUT2D eigenvalue weighted by atomic mass is 79.9.